The quantitative estimate of drug-likeness (QED) is 0.311. The van der Waals surface area contributed by atoms with Crippen molar-refractivity contribution in [3.63, 3.8) is 0 Å². The van der Waals surface area contributed by atoms with Crippen molar-refractivity contribution < 1.29 is 0 Å². The number of thiol groups is 1. The van der Waals surface area contributed by atoms with Crippen LogP contribution in [0, 0.1) is 0 Å². The normalized spacial score (nSPS) is 14.2. The third kappa shape index (κ3) is 7.35. The van der Waals surface area contributed by atoms with Crippen LogP contribution in [-0.2, 0) is 4.87 Å². The van der Waals surface area contributed by atoms with Crippen LogP contribution in [0.3, 0.4) is 0 Å². The van der Waals surface area contributed by atoms with Gasteiger partial charge in [-0.2, -0.15) is 12.6 Å². The monoisotopic (exact) mass is 293 g/mol. The summed E-state index contributed by atoms with van der Waals surface area (Å²) in [7, 11) is 0. The first-order valence-corrected chi connectivity index (χ1v) is 8.64. The van der Waals surface area contributed by atoms with E-state index in [0.29, 0.717) is 0 Å². The van der Waals surface area contributed by atoms with Gasteiger partial charge >= 0.3 is 0 Å². The Morgan fingerprint density at radius 1 is 0.900 bits per heavy atom. The van der Waals surface area contributed by atoms with Crippen LogP contribution in [0.2, 0.25) is 0 Å². The average molecular weight is 294 g/mol. The summed E-state index contributed by atoms with van der Waals surface area (Å²) < 4.78 is 0. The summed E-state index contributed by atoms with van der Waals surface area (Å²) in [6.45, 7) is 5.45. The zero-order valence-electron chi connectivity index (χ0n) is 13.2. The largest absolute Gasteiger partial charge is 0.300 e. The van der Waals surface area contributed by atoms with Crippen molar-refractivity contribution in [2.45, 2.75) is 70.1 Å². The van der Waals surface area contributed by atoms with Crippen molar-refractivity contribution in [3.8, 4) is 0 Å². The molecule has 1 rings (SSSR count). The maximum Gasteiger partial charge on any atom is 0.0843 e. The average Bonchev–Trinajstić information content (AvgIpc) is 2.46. The number of nitrogens with one attached hydrogen (secondary N) is 1. The first-order chi connectivity index (χ1) is 9.67. The van der Waals surface area contributed by atoms with Crippen molar-refractivity contribution in [2.24, 2.45) is 0 Å². The maximum absolute atomic E-state index is 4.75. The molecule has 0 fully saturated rings. The molecule has 1 unspecified atom stereocenters. The van der Waals surface area contributed by atoms with E-state index < -0.39 is 0 Å². The van der Waals surface area contributed by atoms with Gasteiger partial charge in [0.25, 0.3) is 0 Å². The molecule has 0 aliphatic heterocycles. The molecule has 2 heteroatoms. The SMILES string of the molecule is CCCCCCCCCCNC(C)(S)c1ccccc1. The van der Waals surface area contributed by atoms with E-state index in [2.05, 4.69) is 43.4 Å². The zero-order valence-corrected chi connectivity index (χ0v) is 14.1. The third-order valence-corrected chi connectivity index (χ3v) is 4.25. The van der Waals surface area contributed by atoms with E-state index in [1.165, 1.54) is 56.9 Å². The molecular formula is C18H31NS. The fraction of sp³-hybridized carbons (Fsp3) is 0.667. The molecule has 0 saturated heterocycles. The first-order valence-electron chi connectivity index (χ1n) is 8.19. The highest BCUT2D eigenvalue weighted by atomic mass is 32.1. The molecule has 0 saturated carbocycles. The Morgan fingerprint density at radius 3 is 2.05 bits per heavy atom. The Morgan fingerprint density at radius 2 is 1.45 bits per heavy atom. The van der Waals surface area contributed by atoms with Crippen LogP contribution in [0.1, 0.15) is 70.8 Å². The van der Waals surface area contributed by atoms with Gasteiger partial charge in [-0.25, -0.2) is 0 Å². The molecule has 0 radical (unpaired) electrons. The smallest absolute Gasteiger partial charge is 0.0843 e. The molecule has 1 aromatic carbocycles. The minimum Gasteiger partial charge on any atom is -0.300 e. The lowest BCUT2D eigenvalue weighted by molar-refractivity contribution is 0.494. The molecular weight excluding hydrogens is 262 g/mol. The first kappa shape index (κ1) is 17.6. The van der Waals surface area contributed by atoms with E-state index in [9.17, 15) is 0 Å². The number of hydrogen-bond donors (Lipinski definition) is 2. The van der Waals surface area contributed by atoms with Gasteiger partial charge in [0.2, 0.25) is 0 Å². The Hall–Kier alpha value is -0.470. The summed E-state index contributed by atoms with van der Waals surface area (Å²) >= 11 is 4.75. The highest BCUT2D eigenvalue weighted by Gasteiger charge is 2.19. The molecule has 0 bridgehead atoms. The van der Waals surface area contributed by atoms with E-state index in [1.54, 1.807) is 0 Å². The van der Waals surface area contributed by atoms with Crippen LogP contribution in [0.15, 0.2) is 30.3 Å². The number of unbranched alkanes of at least 4 members (excludes halogenated alkanes) is 7. The second kappa shape index (κ2) is 10.3. The lowest BCUT2D eigenvalue weighted by Crippen LogP contribution is -2.34. The van der Waals surface area contributed by atoms with Gasteiger partial charge in [-0.15, -0.1) is 0 Å². The highest BCUT2D eigenvalue weighted by Crippen LogP contribution is 2.24. The molecule has 20 heavy (non-hydrogen) atoms. The molecule has 0 aliphatic carbocycles. The van der Waals surface area contributed by atoms with Crippen LogP contribution in [-0.4, -0.2) is 6.54 Å². The van der Waals surface area contributed by atoms with Gasteiger partial charge in [0.05, 0.1) is 4.87 Å². The van der Waals surface area contributed by atoms with Crippen molar-refractivity contribution >= 4 is 12.6 Å². The number of hydrogen-bond acceptors (Lipinski definition) is 2. The molecule has 0 aromatic heterocycles. The maximum atomic E-state index is 4.75. The predicted octanol–water partition coefficient (Wildman–Crippen LogP) is 5.52. The Bertz CT molecular complexity index is 335. The second-order valence-electron chi connectivity index (χ2n) is 5.84. The summed E-state index contributed by atoms with van der Waals surface area (Å²) in [4.78, 5) is -0.220. The van der Waals surface area contributed by atoms with Crippen molar-refractivity contribution in [1.29, 1.82) is 0 Å². The molecule has 1 aromatic rings. The standard InChI is InChI=1S/C18H31NS/c1-3-4-5-6-7-8-9-13-16-19-18(2,20)17-14-11-10-12-15-17/h10-12,14-15,19-20H,3-9,13,16H2,1-2H3. The summed E-state index contributed by atoms with van der Waals surface area (Å²) in [5.74, 6) is 0. The van der Waals surface area contributed by atoms with E-state index >= 15 is 0 Å². The molecule has 0 aliphatic rings. The summed E-state index contributed by atoms with van der Waals surface area (Å²) in [6, 6.07) is 10.5. The molecule has 114 valence electrons. The van der Waals surface area contributed by atoms with Crippen LogP contribution in [0.4, 0.5) is 0 Å². The zero-order chi connectivity index (χ0) is 14.7. The minimum atomic E-state index is -0.220. The van der Waals surface area contributed by atoms with Gasteiger partial charge in [0.15, 0.2) is 0 Å². The van der Waals surface area contributed by atoms with Crippen LogP contribution < -0.4 is 5.32 Å². The molecule has 0 heterocycles. The molecule has 1 nitrogen and oxygen atoms in total. The summed E-state index contributed by atoms with van der Waals surface area (Å²) in [6.07, 6.45) is 10.9. The van der Waals surface area contributed by atoms with E-state index in [0.717, 1.165) is 6.54 Å². The lowest BCUT2D eigenvalue weighted by atomic mass is 10.1. The van der Waals surface area contributed by atoms with Crippen molar-refractivity contribution in [3.05, 3.63) is 35.9 Å². The van der Waals surface area contributed by atoms with Crippen LogP contribution in [0.5, 0.6) is 0 Å². The molecule has 1 atom stereocenters. The lowest BCUT2D eigenvalue weighted by Gasteiger charge is -2.26. The Labute approximate surface area is 131 Å². The summed E-state index contributed by atoms with van der Waals surface area (Å²) in [5, 5.41) is 3.55. The van der Waals surface area contributed by atoms with E-state index in [4.69, 9.17) is 12.6 Å². The van der Waals surface area contributed by atoms with Gasteiger partial charge in [0.1, 0.15) is 0 Å². The van der Waals surface area contributed by atoms with Crippen LogP contribution >= 0.6 is 12.6 Å². The molecule has 0 amide bonds. The Balaban J connectivity index is 2.06. The van der Waals surface area contributed by atoms with Crippen molar-refractivity contribution in [2.75, 3.05) is 6.54 Å². The molecule has 1 N–H and O–H groups in total. The molecule has 0 spiro atoms. The van der Waals surface area contributed by atoms with Crippen molar-refractivity contribution in [1.82, 2.24) is 5.32 Å². The summed E-state index contributed by atoms with van der Waals surface area (Å²) in [5.41, 5.74) is 1.24. The van der Waals surface area contributed by atoms with Gasteiger partial charge < -0.3 is 0 Å². The number of benzene rings is 1. The van der Waals surface area contributed by atoms with Gasteiger partial charge in [-0.1, -0.05) is 82.2 Å². The van der Waals surface area contributed by atoms with Gasteiger partial charge in [0, 0.05) is 0 Å². The topological polar surface area (TPSA) is 12.0 Å². The second-order valence-corrected chi connectivity index (χ2v) is 6.73. The Kier molecular flexibility index (Phi) is 9.04. The van der Waals surface area contributed by atoms with Gasteiger partial charge in [-0.05, 0) is 25.5 Å². The fourth-order valence-electron chi connectivity index (χ4n) is 2.46. The highest BCUT2D eigenvalue weighted by molar-refractivity contribution is 7.81. The van der Waals surface area contributed by atoms with Crippen LogP contribution in [0.25, 0.3) is 0 Å². The predicted molar refractivity (Wildman–Crippen MR) is 93.4 cm³/mol. The third-order valence-electron chi connectivity index (χ3n) is 3.84. The van der Waals surface area contributed by atoms with E-state index in [1.807, 2.05) is 6.07 Å². The van der Waals surface area contributed by atoms with Gasteiger partial charge in [-0.3, -0.25) is 5.32 Å². The minimum absolute atomic E-state index is 0.220. The fourth-order valence-corrected chi connectivity index (χ4v) is 2.72. The number of rotatable bonds is 11. The van der Waals surface area contributed by atoms with E-state index in [-0.39, 0.29) is 4.87 Å².